The van der Waals surface area contributed by atoms with Crippen LogP contribution < -0.4 is 5.32 Å². The van der Waals surface area contributed by atoms with Gasteiger partial charge in [-0.05, 0) is 30.5 Å². The lowest BCUT2D eigenvalue weighted by Crippen LogP contribution is -2.45. The number of rotatable bonds is 4. The van der Waals surface area contributed by atoms with Gasteiger partial charge in [0, 0.05) is 23.3 Å². The third-order valence-electron chi connectivity index (χ3n) is 3.73. The fourth-order valence-electron chi connectivity index (χ4n) is 2.69. The number of hydrogen-bond acceptors (Lipinski definition) is 3. The predicted octanol–water partition coefficient (Wildman–Crippen LogP) is 2.89. The van der Waals surface area contributed by atoms with Gasteiger partial charge < -0.3 is 5.32 Å². The monoisotopic (exact) mass is 345 g/mol. The number of sulfone groups is 1. The highest BCUT2D eigenvalue weighted by Gasteiger charge is 2.32. The van der Waals surface area contributed by atoms with Crippen LogP contribution >= 0.6 is 15.9 Å². The average Bonchev–Trinajstić information content (AvgIpc) is 2.37. The van der Waals surface area contributed by atoms with Crippen molar-refractivity contribution in [2.24, 2.45) is 0 Å². The fraction of sp³-hybridized carbons (Fsp3) is 0.571. The third kappa shape index (κ3) is 4.29. The Morgan fingerprint density at radius 1 is 1.21 bits per heavy atom. The van der Waals surface area contributed by atoms with E-state index in [0.717, 1.165) is 36.7 Å². The molecular formula is C14H20BrNO2S. The van der Waals surface area contributed by atoms with E-state index in [1.165, 1.54) is 11.8 Å². The SMILES string of the molecule is CS(=O)(=O)[C@@H]1CCCC[C@H]1NCc1ccc(Br)cc1. The van der Waals surface area contributed by atoms with Crippen molar-refractivity contribution >= 4 is 25.8 Å². The molecule has 2 rings (SSSR count). The average molecular weight is 346 g/mol. The van der Waals surface area contributed by atoms with Crippen molar-refractivity contribution in [1.29, 1.82) is 0 Å². The number of halogens is 1. The Kier molecular flexibility index (Phi) is 5.03. The minimum atomic E-state index is -2.96. The quantitative estimate of drug-likeness (QED) is 0.912. The Labute approximate surface area is 123 Å². The largest absolute Gasteiger partial charge is 0.309 e. The van der Waals surface area contributed by atoms with Gasteiger partial charge in [-0.15, -0.1) is 0 Å². The molecule has 3 nitrogen and oxygen atoms in total. The van der Waals surface area contributed by atoms with Crippen molar-refractivity contribution in [2.75, 3.05) is 6.26 Å². The lowest BCUT2D eigenvalue weighted by Gasteiger charge is -2.31. The molecule has 5 heteroatoms. The number of nitrogens with one attached hydrogen (secondary N) is 1. The first kappa shape index (κ1) is 15.0. The van der Waals surface area contributed by atoms with Crippen molar-refractivity contribution in [1.82, 2.24) is 5.32 Å². The Hall–Kier alpha value is -0.390. The van der Waals surface area contributed by atoms with Crippen molar-refractivity contribution in [3.05, 3.63) is 34.3 Å². The minimum absolute atomic E-state index is 0.0902. The molecule has 19 heavy (non-hydrogen) atoms. The van der Waals surface area contributed by atoms with E-state index in [1.807, 2.05) is 12.1 Å². The van der Waals surface area contributed by atoms with E-state index in [-0.39, 0.29) is 11.3 Å². The van der Waals surface area contributed by atoms with Crippen molar-refractivity contribution in [3.63, 3.8) is 0 Å². The topological polar surface area (TPSA) is 46.2 Å². The molecule has 1 fully saturated rings. The lowest BCUT2D eigenvalue weighted by molar-refractivity contribution is 0.370. The summed E-state index contributed by atoms with van der Waals surface area (Å²) in [5.41, 5.74) is 1.18. The lowest BCUT2D eigenvalue weighted by atomic mass is 9.94. The molecular weight excluding hydrogens is 326 g/mol. The van der Waals surface area contributed by atoms with Gasteiger partial charge in [0.05, 0.1) is 5.25 Å². The summed E-state index contributed by atoms with van der Waals surface area (Å²) in [4.78, 5) is 0. The van der Waals surface area contributed by atoms with Crippen LogP contribution in [0.2, 0.25) is 0 Å². The summed E-state index contributed by atoms with van der Waals surface area (Å²) in [7, 11) is -2.96. The number of hydrogen-bond donors (Lipinski definition) is 1. The summed E-state index contributed by atoms with van der Waals surface area (Å²) in [6, 6.07) is 8.20. The molecule has 1 N–H and O–H groups in total. The second kappa shape index (κ2) is 6.37. The van der Waals surface area contributed by atoms with E-state index in [1.54, 1.807) is 0 Å². The molecule has 0 amide bonds. The highest BCUT2D eigenvalue weighted by molar-refractivity contribution is 9.10. The van der Waals surface area contributed by atoms with Gasteiger partial charge in [0.15, 0.2) is 9.84 Å². The van der Waals surface area contributed by atoms with E-state index in [0.29, 0.717) is 0 Å². The van der Waals surface area contributed by atoms with Crippen LogP contribution in [0.3, 0.4) is 0 Å². The van der Waals surface area contributed by atoms with Gasteiger partial charge in [-0.1, -0.05) is 40.9 Å². The number of benzene rings is 1. The van der Waals surface area contributed by atoms with E-state index < -0.39 is 9.84 Å². The summed E-state index contributed by atoms with van der Waals surface area (Å²) in [6.07, 6.45) is 5.24. The van der Waals surface area contributed by atoms with Crippen LogP contribution in [0.4, 0.5) is 0 Å². The highest BCUT2D eigenvalue weighted by atomic mass is 79.9. The summed E-state index contributed by atoms with van der Waals surface area (Å²) >= 11 is 3.41. The summed E-state index contributed by atoms with van der Waals surface area (Å²) in [5.74, 6) is 0. The first-order valence-electron chi connectivity index (χ1n) is 6.63. The molecule has 1 aliphatic rings. The Morgan fingerprint density at radius 3 is 2.47 bits per heavy atom. The van der Waals surface area contributed by atoms with Crippen molar-refractivity contribution < 1.29 is 8.42 Å². The van der Waals surface area contributed by atoms with Crippen molar-refractivity contribution in [3.8, 4) is 0 Å². The van der Waals surface area contributed by atoms with Crippen LogP contribution in [0.5, 0.6) is 0 Å². The Morgan fingerprint density at radius 2 is 1.84 bits per heavy atom. The van der Waals surface area contributed by atoms with Gasteiger partial charge in [-0.2, -0.15) is 0 Å². The maximum atomic E-state index is 11.8. The molecule has 0 spiro atoms. The Balaban J connectivity index is 1.98. The van der Waals surface area contributed by atoms with Gasteiger partial charge in [0.2, 0.25) is 0 Å². The molecule has 0 heterocycles. The second-order valence-electron chi connectivity index (χ2n) is 5.27. The summed E-state index contributed by atoms with van der Waals surface area (Å²) in [6.45, 7) is 0.726. The zero-order valence-electron chi connectivity index (χ0n) is 11.1. The molecule has 0 radical (unpaired) electrons. The van der Waals surface area contributed by atoms with Crippen LogP contribution in [-0.2, 0) is 16.4 Å². The molecule has 0 aliphatic heterocycles. The van der Waals surface area contributed by atoms with E-state index in [2.05, 4.69) is 33.4 Å². The van der Waals surface area contributed by atoms with Gasteiger partial charge in [0.1, 0.15) is 0 Å². The maximum absolute atomic E-state index is 11.8. The molecule has 1 aliphatic carbocycles. The van der Waals surface area contributed by atoms with Crippen LogP contribution in [0.25, 0.3) is 0 Å². The highest BCUT2D eigenvalue weighted by Crippen LogP contribution is 2.24. The third-order valence-corrected chi connectivity index (χ3v) is 5.93. The molecule has 0 unspecified atom stereocenters. The van der Waals surface area contributed by atoms with Crippen molar-refractivity contribution in [2.45, 2.75) is 43.5 Å². The zero-order chi connectivity index (χ0) is 13.9. The van der Waals surface area contributed by atoms with Crippen LogP contribution in [0.1, 0.15) is 31.2 Å². The molecule has 1 aromatic rings. The first-order valence-corrected chi connectivity index (χ1v) is 9.38. The molecule has 106 valence electrons. The first-order chi connectivity index (χ1) is 8.97. The van der Waals surface area contributed by atoms with Gasteiger partial charge in [-0.25, -0.2) is 8.42 Å². The molecule has 0 aromatic heterocycles. The van der Waals surface area contributed by atoms with Gasteiger partial charge >= 0.3 is 0 Å². The second-order valence-corrected chi connectivity index (χ2v) is 8.45. The normalized spacial score (nSPS) is 24.3. The summed E-state index contributed by atoms with van der Waals surface area (Å²) in [5, 5.41) is 3.19. The molecule has 2 atom stereocenters. The maximum Gasteiger partial charge on any atom is 0.151 e. The van der Waals surface area contributed by atoms with Crippen LogP contribution in [-0.4, -0.2) is 26.0 Å². The molecule has 1 aromatic carbocycles. The minimum Gasteiger partial charge on any atom is -0.309 e. The molecule has 0 saturated heterocycles. The zero-order valence-corrected chi connectivity index (χ0v) is 13.5. The fourth-order valence-corrected chi connectivity index (χ4v) is 4.38. The van der Waals surface area contributed by atoms with E-state index in [4.69, 9.17) is 0 Å². The van der Waals surface area contributed by atoms with Crippen LogP contribution in [0, 0.1) is 0 Å². The van der Waals surface area contributed by atoms with Crippen LogP contribution in [0.15, 0.2) is 28.7 Å². The predicted molar refractivity (Wildman–Crippen MR) is 81.9 cm³/mol. The van der Waals surface area contributed by atoms with Gasteiger partial charge in [0.25, 0.3) is 0 Å². The van der Waals surface area contributed by atoms with E-state index >= 15 is 0 Å². The molecule has 0 bridgehead atoms. The van der Waals surface area contributed by atoms with Gasteiger partial charge in [-0.3, -0.25) is 0 Å². The van der Waals surface area contributed by atoms with E-state index in [9.17, 15) is 8.42 Å². The smallest absolute Gasteiger partial charge is 0.151 e. The standard InChI is InChI=1S/C14H20BrNO2S/c1-19(17,18)14-5-3-2-4-13(14)16-10-11-6-8-12(15)9-7-11/h6-9,13-14,16H,2-5,10H2,1H3/t13-,14-/m1/s1. The Bertz CT molecular complexity index is 513. The summed E-state index contributed by atoms with van der Waals surface area (Å²) < 4.78 is 24.7. The molecule has 1 saturated carbocycles.